The van der Waals surface area contributed by atoms with E-state index in [-0.39, 0.29) is 24.4 Å². The maximum absolute atomic E-state index is 13.4. The summed E-state index contributed by atoms with van der Waals surface area (Å²) in [6, 6.07) is 14.1. The number of imide groups is 1. The van der Waals surface area contributed by atoms with Crippen molar-refractivity contribution in [1.29, 1.82) is 0 Å². The molecular weight excluding hydrogens is 418 g/mol. The van der Waals surface area contributed by atoms with Crippen LogP contribution < -0.4 is 9.64 Å². The van der Waals surface area contributed by atoms with Crippen LogP contribution in [0.2, 0.25) is 0 Å². The molecule has 2 saturated heterocycles. The van der Waals surface area contributed by atoms with Crippen LogP contribution in [0.1, 0.15) is 49.8 Å². The van der Waals surface area contributed by atoms with Gasteiger partial charge in [0.2, 0.25) is 5.91 Å². The van der Waals surface area contributed by atoms with Gasteiger partial charge in [0.1, 0.15) is 18.3 Å². The molecule has 2 fully saturated rings. The summed E-state index contributed by atoms with van der Waals surface area (Å²) in [5.74, 6) is 0.228. The van der Waals surface area contributed by atoms with E-state index in [9.17, 15) is 14.4 Å². The Balaban J connectivity index is 1.54. The Morgan fingerprint density at radius 1 is 1.00 bits per heavy atom. The lowest BCUT2D eigenvalue weighted by Gasteiger charge is -2.31. The number of hydrogen-bond donors (Lipinski definition) is 0. The number of nitrogens with zero attached hydrogens (tertiary/aromatic N) is 3. The lowest BCUT2D eigenvalue weighted by Crippen LogP contribution is -2.44. The Morgan fingerprint density at radius 3 is 2.36 bits per heavy atom. The number of methoxy groups -OCH3 is 1. The van der Waals surface area contributed by atoms with Crippen molar-refractivity contribution >= 4 is 23.5 Å². The largest absolute Gasteiger partial charge is 0.497 e. The summed E-state index contributed by atoms with van der Waals surface area (Å²) in [5.41, 5.74) is 2.77. The summed E-state index contributed by atoms with van der Waals surface area (Å²) >= 11 is 0. The Bertz CT molecular complexity index is 1020. The number of rotatable bonds is 5. The highest BCUT2D eigenvalue weighted by molar-refractivity contribution is 6.15. The van der Waals surface area contributed by atoms with Crippen molar-refractivity contribution < 1.29 is 19.1 Å². The lowest BCUT2D eigenvalue weighted by molar-refractivity contribution is -0.138. The standard InChI is InChI=1S/C26H31N3O4/c1-18-8-12-21(13-9-18)29-19(2)25(31)28(26(29)32)17-24(30)27-16-6-4-5-7-23(27)20-10-14-22(33-3)15-11-20/h8-15,19,23H,4-7,16-17H2,1-3H3/t19-,23+/m1/s1. The number of amides is 4. The number of anilines is 1. The molecule has 0 N–H and O–H groups in total. The summed E-state index contributed by atoms with van der Waals surface area (Å²) in [5, 5.41) is 0. The van der Waals surface area contributed by atoms with E-state index in [4.69, 9.17) is 4.74 Å². The molecule has 2 aromatic carbocycles. The number of ether oxygens (including phenoxy) is 1. The predicted molar refractivity (Wildman–Crippen MR) is 126 cm³/mol. The first-order valence-corrected chi connectivity index (χ1v) is 11.6. The third kappa shape index (κ3) is 4.58. The molecule has 2 aliphatic heterocycles. The van der Waals surface area contributed by atoms with E-state index >= 15 is 0 Å². The number of carbonyl (C=O) groups excluding carboxylic acids is 3. The fourth-order valence-electron chi connectivity index (χ4n) is 4.72. The van der Waals surface area contributed by atoms with Gasteiger partial charge in [-0.3, -0.25) is 19.4 Å². The smallest absolute Gasteiger partial charge is 0.332 e. The highest BCUT2D eigenvalue weighted by Gasteiger charge is 2.45. The van der Waals surface area contributed by atoms with E-state index in [1.165, 1.54) is 4.90 Å². The second-order valence-corrected chi connectivity index (χ2v) is 8.81. The molecule has 0 unspecified atom stereocenters. The summed E-state index contributed by atoms with van der Waals surface area (Å²) in [6.45, 7) is 4.05. The normalized spacial score (nSPS) is 21.4. The van der Waals surface area contributed by atoms with E-state index in [2.05, 4.69) is 0 Å². The second-order valence-electron chi connectivity index (χ2n) is 8.81. The van der Waals surface area contributed by atoms with Gasteiger partial charge in [0.15, 0.2) is 0 Å². The van der Waals surface area contributed by atoms with Crippen LogP contribution in [0.15, 0.2) is 48.5 Å². The van der Waals surface area contributed by atoms with Crippen LogP contribution >= 0.6 is 0 Å². The second kappa shape index (κ2) is 9.65. The maximum atomic E-state index is 13.4. The minimum Gasteiger partial charge on any atom is -0.497 e. The van der Waals surface area contributed by atoms with Crippen LogP contribution in [-0.2, 0) is 9.59 Å². The molecule has 174 valence electrons. The molecule has 2 aliphatic rings. The molecule has 0 saturated carbocycles. The van der Waals surface area contributed by atoms with Crippen LogP contribution in [0, 0.1) is 6.92 Å². The number of benzene rings is 2. The van der Waals surface area contributed by atoms with E-state index in [1.54, 1.807) is 14.0 Å². The van der Waals surface area contributed by atoms with Gasteiger partial charge in [-0.1, -0.05) is 42.7 Å². The molecular formula is C26H31N3O4. The molecule has 7 heteroatoms. The third-order valence-corrected chi connectivity index (χ3v) is 6.63. The van der Waals surface area contributed by atoms with Crippen molar-refractivity contribution in [2.45, 2.75) is 51.6 Å². The van der Waals surface area contributed by atoms with Crippen molar-refractivity contribution in [2.24, 2.45) is 0 Å². The zero-order valence-corrected chi connectivity index (χ0v) is 19.5. The van der Waals surface area contributed by atoms with Crippen molar-refractivity contribution in [3.8, 4) is 5.75 Å². The first kappa shape index (κ1) is 22.8. The van der Waals surface area contributed by atoms with Gasteiger partial charge in [0.25, 0.3) is 5.91 Å². The Hall–Kier alpha value is -3.35. The van der Waals surface area contributed by atoms with Gasteiger partial charge in [0.05, 0.1) is 13.2 Å². The fourth-order valence-corrected chi connectivity index (χ4v) is 4.72. The lowest BCUT2D eigenvalue weighted by atomic mass is 10.0. The molecule has 2 heterocycles. The average Bonchev–Trinajstić information content (AvgIpc) is 3.00. The van der Waals surface area contributed by atoms with Crippen LogP contribution in [0.5, 0.6) is 5.75 Å². The predicted octanol–water partition coefficient (Wildman–Crippen LogP) is 4.30. The molecule has 4 rings (SSSR count). The van der Waals surface area contributed by atoms with Gasteiger partial charge in [-0.15, -0.1) is 0 Å². The number of urea groups is 1. The van der Waals surface area contributed by atoms with Crippen molar-refractivity contribution in [3.05, 3.63) is 59.7 Å². The minimum atomic E-state index is -0.644. The van der Waals surface area contributed by atoms with Gasteiger partial charge in [-0.25, -0.2) is 4.79 Å². The molecule has 7 nitrogen and oxygen atoms in total. The van der Waals surface area contributed by atoms with E-state index in [0.717, 1.165) is 47.5 Å². The number of aryl methyl sites for hydroxylation is 1. The highest BCUT2D eigenvalue weighted by atomic mass is 16.5. The molecule has 0 bridgehead atoms. The SMILES string of the molecule is COc1ccc([C@@H]2CCCCCN2C(=O)CN2C(=O)[C@@H](C)N(c3ccc(C)cc3)C2=O)cc1. The molecule has 0 spiro atoms. The molecule has 2 aromatic rings. The summed E-state index contributed by atoms with van der Waals surface area (Å²) in [4.78, 5) is 44.0. The molecule has 4 amide bonds. The average molecular weight is 450 g/mol. The third-order valence-electron chi connectivity index (χ3n) is 6.63. The van der Waals surface area contributed by atoms with Crippen molar-refractivity contribution in [3.63, 3.8) is 0 Å². The molecule has 0 aromatic heterocycles. The first-order chi connectivity index (χ1) is 15.9. The molecule has 2 atom stereocenters. The topological polar surface area (TPSA) is 70.2 Å². The van der Waals surface area contributed by atoms with Gasteiger partial charge in [0, 0.05) is 12.2 Å². The van der Waals surface area contributed by atoms with E-state index < -0.39 is 12.1 Å². The number of carbonyl (C=O) groups is 3. The molecule has 0 radical (unpaired) electrons. The summed E-state index contributed by atoms with van der Waals surface area (Å²) < 4.78 is 5.26. The van der Waals surface area contributed by atoms with Crippen LogP contribution in [0.4, 0.5) is 10.5 Å². The van der Waals surface area contributed by atoms with Gasteiger partial charge < -0.3 is 9.64 Å². The minimum absolute atomic E-state index is 0.0793. The highest BCUT2D eigenvalue weighted by Crippen LogP contribution is 2.32. The Morgan fingerprint density at radius 2 is 1.70 bits per heavy atom. The summed E-state index contributed by atoms with van der Waals surface area (Å²) in [7, 11) is 1.63. The number of hydrogen-bond acceptors (Lipinski definition) is 4. The quantitative estimate of drug-likeness (QED) is 0.638. The van der Waals surface area contributed by atoms with Gasteiger partial charge >= 0.3 is 6.03 Å². The Kier molecular flexibility index (Phi) is 6.67. The first-order valence-electron chi connectivity index (χ1n) is 11.6. The van der Waals surface area contributed by atoms with Crippen LogP contribution in [0.3, 0.4) is 0 Å². The zero-order chi connectivity index (χ0) is 23.5. The van der Waals surface area contributed by atoms with Crippen LogP contribution in [0.25, 0.3) is 0 Å². The molecule has 0 aliphatic carbocycles. The monoisotopic (exact) mass is 449 g/mol. The number of likely N-dealkylation sites (tertiary alicyclic amines) is 1. The maximum Gasteiger partial charge on any atom is 0.332 e. The zero-order valence-electron chi connectivity index (χ0n) is 19.5. The summed E-state index contributed by atoms with van der Waals surface area (Å²) in [6.07, 6.45) is 3.84. The van der Waals surface area contributed by atoms with Gasteiger partial charge in [-0.2, -0.15) is 0 Å². The molecule has 33 heavy (non-hydrogen) atoms. The van der Waals surface area contributed by atoms with E-state index in [1.807, 2.05) is 60.4 Å². The van der Waals surface area contributed by atoms with Crippen LogP contribution in [-0.4, -0.2) is 53.9 Å². The van der Waals surface area contributed by atoms with Gasteiger partial charge in [-0.05, 0) is 56.5 Å². The van der Waals surface area contributed by atoms with E-state index in [0.29, 0.717) is 12.2 Å². The Labute approximate surface area is 194 Å². The fraction of sp³-hybridized carbons (Fsp3) is 0.423. The van der Waals surface area contributed by atoms with Crippen molar-refractivity contribution in [1.82, 2.24) is 9.80 Å². The van der Waals surface area contributed by atoms with Crippen molar-refractivity contribution in [2.75, 3.05) is 25.1 Å².